The van der Waals surface area contributed by atoms with Crippen LogP contribution in [0.15, 0.2) is 24.3 Å². The van der Waals surface area contributed by atoms with Gasteiger partial charge in [-0.2, -0.15) is 0 Å². The second-order valence-electron chi connectivity index (χ2n) is 3.36. The first-order valence-electron chi connectivity index (χ1n) is 4.71. The molecular formula is C11H12O3. The molecule has 0 N–H and O–H groups in total. The van der Waals surface area contributed by atoms with Crippen LogP contribution in [-0.2, 0) is 9.84 Å². The molecule has 2 rings (SSSR count). The van der Waals surface area contributed by atoms with Crippen molar-refractivity contribution in [3.05, 3.63) is 30.3 Å². The molecule has 2 radical (unpaired) electrons. The molecule has 3 nitrogen and oxygen atoms in total. The van der Waals surface area contributed by atoms with Gasteiger partial charge in [0.1, 0.15) is 18.0 Å². The van der Waals surface area contributed by atoms with E-state index in [2.05, 4.69) is 6.07 Å². The molecule has 1 aliphatic rings. The summed E-state index contributed by atoms with van der Waals surface area (Å²) in [6.07, 6.45) is -0.259. The molecule has 0 aromatic heterocycles. The minimum atomic E-state index is -0.655. The van der Waals surface area contributed by atoms with Gasteiger partial charge in [-0.15, -0.1) is 0 Å². The van der Waals surface area contributed by atoms with Gasteiger partial charge in [-0.1, -0.05) is 18.2 Å². The molecule has 14 heavy (non-hydrogen) atoms. The van der Waals surface area contributed by atoms with Crippen molar-refractivity contribution < 1.29 is 14.6 Å². The predicted molar refractivity (Wildman–Crippen MR) is 49.6 cm³/mol. The fraction of sp³-hybridized carbons (Fsp3) is 0.455. The Labute approximate surface area is 83.3 Å². The molecule has 0 spiro atoms. The maximum Gasteiger partial charge on any atom is 0.127 e. The number of rotatable bonds is 2. The quantitative estimate of drug-likeness (QED) is 0.711. The number of ether oxygens (including phenoxy) is 2. The van der Waals surface area contributed by atoms with Gasteiger partial charge in [-0.3, -0.25) is 0 Å². The van der Waals surface area contributed by atoms with E-state index < -0.39 is 6.10 Å². The second kappa shape index (κ2) is 4.44. The summed E-state index contributed by atoms with van der Waals surface area (Å²) in [5.41, 5.74) is 0. The van der Waals surface area contributed by atoms with E-state index in [1.54, 1.807) is 6.07 Å². The fourth-order valence-corrected chi connectivity index (χ4v) is 1.47. The highest BCUT2D eigenvalue weighted by molar-refractivity contribution is 5.19. The van der Waals surface area contributed by atoms with Crippen LogP contribution in [0.1, 0.15) is 6.42 Å². The van der Waals surface area contributed by atoms with Gasteiger partial charge in [0, 0.05) is 12.5 Å². The Bertz CT molecular complexity index is 273. The Balaban J connectivity index is 1.91. The summed E-state index contributed by atoms with van der Waals surface area (Å²) in [5.74, 6) is 0.676. The Morgan fingerprint density at radius 2 is 2.36 bits per heavy atom. The van der Waals surface area contributed by atoms with E-state index in [9.17, 15) is 5.11 Å². The van der Waals surface area contributed by atoms with Gasteiger partial charge in [-0.25, -0.2) is 5.11 Å². The highest BCUT2D eigenvalue weighted by Gasteiger charge is 2.23. The molecular weight excluding hydrogens is 180 g/mol. The van der Waals surface area contributed by atoms with E-state index in [1.165, 1.54) is 0 Å². The van der Waals surface area contributed by atoms with Crippen molar-refractivity contribution in [3.63, 3.8) is 0 Å². The van der Waals surface area contributed by atoms with E-state index in [4.69, 9.17) is 9.47 Å². The molecule has 3 heteroatoms. The molecule has 0 aliphatic carbocycles. The van der Waals surface area contributed by atoms with Gasteiger partial charge in [0.15, 0.2) is 0 Å². The van der Waals surface area contributed by atoms with E-state index in [0.29, 0.717) is 25.4 Å². The van der Waals surface area contributed by atoms with Crippen LogP contribution in [0.4, 0.5) is 0 Å². The van der Waals surface area contributed by atoms with Gasteiger partial charge in [-0.05, 0) is 6.07 Å². The van der Waals surface area contributed by atoms with Crippen molar-refractivity contribution in [3.8, 4) is 5.75 Å². The van der Waals surface area contributed by atoms with Crippen LogP contribution in [0.25, 0.3) is 0 Å². The van der Waals surface area contributed by atoms with Crippen LogP contribution >= 0.6 is 0 Å². The molecule has 1 aliphatic heterocycles. The highest BCUT2D eigenvalue weighted by Crippen LogP contribution is 2.16. The SMILES string of the molecule is [O]C1COCC(Oc2[c]cccc2)C1. The minimum absolute atomic E-state index is 0.120. The van der Waals surface area contributed by atoms with Gasteiger partial charge in [0.05, 0.1) is 13.2 Å². The van der Waals surface area contributed by atoms with Crippen molar-refractivity contribution in [2.24, 2.45) is 0 Å². The number of hydrogen-bond donors (Lipinski definition) is 0. The smallest absolute Gasteiger partial charge is 0.127 e. The third-order valence-electron chi connectivity index (χ3n) is 2.11. The molecule has 1 aromatic carbocycles. The summed E-state index contributed by atoms with van der Waals surface area (Å²) < 4.78 is 10.7. The summed E-state index contributed by atoms with van der Waals surface area (Å²) in [5, 5.41) is 11.1. The average Bonchev–Trinajstić information content (AvgIpc) is 2.19. The summed E-state index contributed by atoms with van der Waals surface area (Å²) in [6.45, 7) is 0.805. The number of para-hydroxylation sites is 1. The lowest BCUT2D eigenvalue weighted by Crippen LogP contribution is -2.35. The molecule has 1 aromatic rings. The van der Waals surface area contributed by atoms with Crippen LogP contribution in [-0.4, -0.2) is 25.4 Å². The monoisotopic (exact) mass is 192 g/mol. The van der Waals surface area contributed by atoms with Crippen molar-refractivity contribution in [2.75, 3.05) is 13.2 Å². The molecule has 74 valence electrons. The third-order valence-corrected chi connectivity index (χ3v) is 2.11. The molecule has 0 bridgehead atoms. The predicted octanol–water partition coefficient (Wildman–Crippen LogP) is 1.45. The Hall–Kier alpha value is -1.06. The lowest BCUT2D eigenvalue weighted by molar-refractivity contribution is -0.0871. The molecule has 0 amide bonds. The maximum atomic E-state index is 11.1. The Morgan fingerprint density at radius 3 is 3.07 bits per heavy atom. The first-order valence-corrected chi connectivity index (χ1v) is 4.71. The fourth-order valence-electron chi connectivity index (χ4n) is 1.47. The summed E-state index contributed by atoms with van der Waals surface area (Å²) in [4.78, 5) is 0. The molecule has 1 saturated heterocycles. The molecule has 1 heterocycles. The lowest BCUT2D eigenvalue weighted by atomic mass is 10.1. The van der Waals surface area contributed by atoms with Crippen molar-refractivity contribution in [1.29, 1.82) is 0 Å². The van der Waals surface area contributed by atoms with Gasteiger partial charge >= 0.3 is 0 Å². The van der Waals surface area contributed by atoms with Gasteiger partial charge in [0.2, 0.25) is 0 Å². The van der Waals surface area contributed by atoms with Crippen LogP contribution in [0.2, 0.25) is 0 Å². The largest absolute Gasteiger partial charge is 0.487 e. The van der Waals surface area contributed by atoms with E-state index >= 15 is 0 Å². The zero-order chi connectivity index (χ0) is 9.80. The summed E-state index contributed by atoms with van der Waals surface area (Å²) in [6, 6.07) is 10.3. The summed E-state index contributed by atoms with van der Waals surface area (Å²) in [7, 11) is 0. The van der Waals surface area contributed by atoms with Crippen LogP contribution in [0.3, 0.4) is 0 Å². The van der Waals surface area contributed by atoms with Gasteiger partial charge in [0.25, 0.3) is 0 Å². The average molecular weight is 192 g/mol. The maximum absolute atomic E-state index is 11.1. The topological polar surface area (TPSA) is 38.4 Å². The van der Waals surface area contributed by atoms with Crippen LogP contribution < -0.4 is 4.74 Å². The lowest BCUT2D eigenvalue weighted by Gasteiger charge is -2.25. The standard InChI is InChI=1S/C11H12O3/c12-9-6-11(8-13-7-9)14-10-4-2-1-3-5-10/h1-4,9,11H,6-8H2. The number of benzene rings is 1. The molecule has 2 atom stereocenters. The third kappa shape index (κ3) is 2.47. The van der Waals surface area contributed by atoms with Crippen molar-refractivity contribution in [1.82, 2.24) is 0 Å². The van der Waals surface area contributed by atoms with E-state index in [0.717, 1.165) is 0 Å². The molecule has 0 saturated carbocycles. The Kier molecular flexibility index (Phi) is 3.01. The molecule has 1 fully saturated rings. The molecule has 2 unspecified atom stereocenters. The van der Waals surface area contributed by atoms with E-state index in [-0.39, 0.29) is 6.10 Å². The normalized spacial score (nSPS) is 27.2. The first kappa shape index (κ1) is 9.49. The number of hydrogen-bond acceptors (Lipinski definition) is 2. The second-order valence-corrected chi connectivity index (χ2v) is 3.36. The van der Waals surface area contributed by atoms with Crippen molar-refractivity contribution >= 4 is 0 Å². The van der Waals surface area contributed by atoms with Crippen LogP contribution in [0, 0.1) is 6.07 Å². The Morgan fingerprint density at radius 1 is 1.43 bits per heavy atom. The highest BCUT2D eigenvalue weighted by atomic mass is 16.5. The van der Waals surface area contributed by atoms with Crippen molar-refractivity contribution in [2.45, 2.75) is 18.6 Å². The minimum Gasteiger partial charge on any atom is -0.487 e. The summed E-state index contributed by atoms with van der Waals surface area (Å²) >= 11 is 0. The van der Waals surface area contributed by atoms with Gasteiger partial charge < -0.3 is 9.47 Å². The zero-order valence-electron chi connectivity index (χ0n) is 7.81. The van der Waals surface area contributed by atoms with E-state index in [1.807, 2.05) is 18.2 Å². The van der Waals surface area contributed by atoms with Crippen LogP contribution in [0.5, 0.6) is 5.75 Å². The zero-order valence-corrected chi connectivity index (χ0v) is 7.81. The first-order chi connectivity index (χ1) is 6.84.